The molecule has 0 aromatic heterocycles. The molecule has 0 unspecified atom stereocenters. The van der Waals surface area contributed by atoms with E-state index in [2.05, 4.69) is 21.2 Å². The van der Waals surface area contributed by atoms with Crippen molar-refractivity contribution in [3.05, 3.63) is 67.7 Å². The van der Waals surface area contributed by atoms with Crippen molar-refractivity contribution in [2.75, 3.05) is 5.32 Å². The predicted molar refractivity (Wildman–Crippen MR) is 79.2 cm³/mol. The Morgan fingerprint density at radius 3 is 2.57 bits per heavy atom. The molecule has 0 spiro atoms. The maximum Gasteiger partial charge on any atom is 0.274 e. The average molecular weight is 357 g/mol. The molecule has 21 heavy (non-hydrogen) atoms. The molecule has 1 N–H and O–H groups in total. The molecule has 0 aliphatic carbocycles. The van der Waals surface area contributed by atoms with Crippen LogP contribution < -0.4 is 5.32 Å². The normalized spacial score (nSPS) is 10.5. The third kappa shape index (κ3) is 3.55. The number of aryl methyl sites for hydroxylation is 1. The Kier molecular flexibility index (Phi) is 4.52. The van der Waals surface area contributed by atoms with Gasteiger partial charge >= 0.3 is 0 Å². The Morgan fingerprint density at radius 2 is 1.95 bits per heavy atom. The molecule has 2 rings (SSSR count). The minimum atomic E-state index is -0.928. The maximum absolute atomic E-state index is 13.1. The summed E-state index contributed by atoms with van der Waals surface area (Å²) >= 11 is 3.31. The number of nitrogens with one attached hydrogen (secondary N) is 1. The number of halogens is 3. The van der Waals surface area contributed by atoms with Crippen molar-refractivity contribution in [1.29, 1.82) is 0 Å². The van der Waals surface area contributed by atoms with E-state index in [1.807, 2.05) is 0 Å². The van der Waals surface area contributed by atoms with E-state index in [0.29, 0.717) is 21.3 Å². The van der Waals surface area contributed by atoms with Gasteiger partial charge in [-0.2, -0.15) is 0 Å². The molecule has 0 aliphatic rings. The summed E-state index contributed by atoms with van der Waals surface area (Å²) in [5.74, 6) is -1.84. The average Bonchev–Trinajstić information content (AvgIpc) is 2.41. The van der Waals surface area contributed by atoms with Gasteiger partial charge in [-0.05, 0) is 46.6 Å². The molecule has 0 saturated heterocycles. The Hall–Kier alpha value is -2.02. The quantitative estimate of drug-likeness (QED) is 0.645. The summed E-state index contributed by atoms with van der Waals surface area (Å²) in [7, 11) is 0. The molecule has 0 saturated carbocycles. The van der Waals surface area contributed by atoms with Gasteiger partial charge in [-0.15, -0.1) is 0 Å². The predicted octanol–water partition coefficient (Wildman–Crippen LogP) is 4.56. The summed E-state index contributed by atoms with van der Waals surface area (Å²) in [4.78, 5) is 10.4. The lowest BCUT2D eigenvalue weighted by Crippen LogP contribution is -2.02. The van der Waals surface area contributed by atoms with Gasteiger partial charge in [0.15, 0.2) is 11.6 Å². The highest BCUT2D eigenvalue weighted by Gasteiger charge is 2.14. The van der Waals surface area contributed by atoms with Gasteiger partial charge in [0.2, 0.25) is 0 Å². The number of benzene rings is 2. The monoisotopic (exact) mass is 356 g/mol. The van der Waals surface area contributed by atoms with E-state index >= 15 is 0 Å². The number of hydrogen-bond donors (Lipinski definition) is 1. The van der Waals surface area contributed by atoms with E-state index in [0.717, 1.165) is 12.1 Å². The summed E-state index contributed by atoms with van der Waals surface area (Å²) in [5.41, 5.74) is 1.57. The molecule has 7 heteroatoms. The largest absolute Gasteiger partial charge is 0.380 e. The van der Waals surface area contributed by atoms with E-state index in [1.54, 1.807) is 13.0 Å². The van der Waals surface area contributed by atoms with Crippen LogP contribution in [0.15, 0.2) is 34.8 Å². The lowest BCUT2D eigenvalue weighted by molar-refractivity contribution is -0.385. The third-order valence-electron chi connectivity index (χ3n) is 2.95. The van der Waals surface area contributed by atoms with Crippen LogP contribution in [-0.4, -0.2) is 4.92 Å². The first kappa shape index (κ1) is 15.4. The van der Waals surface area contributed by atoms with Gasteiger partial charge < -0.3 is 5.32 Å². The SMILES string of the molecule is Cc1cc(Br)c(NCc2ccc(F)c(F)c2)cc1[N+](=O)[O-]. The molecule has 2 aromatic rings. The number of nitro groups is 1. The Bertz CT molecular complexity index is 708. The van der Waals surface area contributed by atoms with Crippen LogP contribution in [0.25, 0.3) is 0 Å². The minimum absolute atomic E-state index is 0.00835. The van der Waals surface area contributed by atoms with Crippen LogP contribution in [0.3, 0.4) is 0 Å². The van der Waals surface area contributed by atoms with Gasteiger partial charge in [-0.25, -0.2) is 8.78 Å². The van der Waals surface area contributed by atoms with Crippen molar-refractivity contribution in [2.45, 2.75) is 13.5 Å². The van der Waals surface area contributed by atoms with E-state index < -0.39 is 16.6 Å². The molecule has 2 aromatic carbocycles. The molecular weight excluding hydrogens is 346 g/mol. The molecule has 0 aliphatic heterocycles. The molecule has 0 heterocycles. The van der Waals surface area contributed by atoms with Crippen molar-refractivity contribution in [2.24, 2.45) is 0 Å². The van der Waals surface area contributed by atoms with Crippen molar-refractivity contribution < 1.29 is 13.7 Å². The van der Waals surface area contributed by atoms with Gasteiger partial charge in [-0.3, -0.25) is 10.1 Å². The van der Waals surface area contributed by atoms with Crippen molar-refractivity contribution in [1.82, 2.24) is 0 Å². The smallest absolute Gasteiger partial charge is 0.274 e. The fourth-order valence-corrected chi connectivity index (χ4v) is 2.44. The number of rotatable bonds is 4. The number of anilines is 1. The van der Waals surface area contributed by atoms with E-state index in [1.165, 1.54) is 12.1 Å². The van der Waals surface area contributed by atoms with E-state index in [4.69, 9.17) is 0 Å². The van der Waals surface area contributed by atoms with Gasteiger partial charge in [0.25, 0.3) is 5.69 Å². The van der Waals surface area contributed by atoms with Crippen LogP contribution in [0.1, 0.15) is 11.1 Å². The van der Waals surface area contributed by atoms with Crippen LogP contribution >= 0.6 is 15.9 Å². The molecule has 110 valence electrons. The molecule has 0 bridgehead atoms. The molecule has 0 fully saturated rings. The standard InChI is InChI=1S/C14H11BrF2N2O2/c1-8-4-10(15)13(6-14(8)19(20)21)18-7-9-2-3-11(16)12(17)5-9/h2-6,18H,7H2,1H3. The highest BCUT2D eigenvalue weighted by Crippen LogP contribution is 2.31. The van der Waals surface area contributed by atoms with Crippen molar-refractivity contribution in [3.63, 3.8) is 0 Å². The first-order valence-corrected chi connectivity index (χ1v) is 6.80. The summed E-state index contributed by atoms with van der Waals surface area (Å²) in [6.07, 6.45) is 0. The van der Waals surface area contributed by atoms with E-state index in [-0.39, 0.29) is 12.2 Å². The van der Waals surface area contributed by atoms with Crippen molar-refractivity contribution >= 4 is 27.3 Å². The van der Waals surface area contributed by atoms with E-state index in [9.17, 15) is 18.9 Å². The summed E-state index contributed by atoms with van der Waals surface area (Å²) in [5, 5.41) is 13.9. The van der Waals surface area contributed by atoms with Crippen molar-refractivity contribution in [3.8, 4) is 0 Å². The molecule has 0 amide bonds. The highest BCUT2D eigenvalue weighted by atomic mass is 79.9. The van der Waals surface area contributed by atoms with Crippen LogP contribution in [0.5, 0.6) is 0 Å². The summed E-state index contributed by atoms with van der Waals surface area (Å²) in [6.45, 7) is 1.86. The lowest BCUT2D eigenvalue weighted by atomic mass is 10.1. The van der Waals surface area contributed by atoms with Gasteiger partial charge in [0.1, 0.15) is 0 Å². The van der Waals surface area contributed by atoms with Gasteiger partial charge in [0, 0.05) is 22.6 Å². The zero-order chi connectivity index (χ0) is 15.6. The van der Waals surface area contributed by atoms with Gasteiger partial charge in [0.05, 0.1) is 10.6 Å². The zero-order valence-electron chi connectivity index (χ0n) is 11.0. The van der Waals surface area contributed by atoms with Crippen LogP contribution in [0.4, 0.5) is 20.2 Å². The minimum Gasteiger partial charge on any atom is -0.380 e. The lowest BCUT2D eigenvalue weighted by Gasteiger charge is -2.10. The fourth-order valence-electron chi connectivity index (χ4n) is 1.84. The highest BCUT2D eigenvalue weighted by molar-refractivity contribution is 9.10. The fraction of sp³-hybridized carbons (Fsp3) is 0.143. The molecule has 0 atom stereocenters. The second-order valence-corrected chi connectivity index (χ2v) is 5.33. The Balaban J connectivity index is 2.21. The van der Waals surface area contributed by atoms with Crippen LogP contribution in [0, 0.1) is 28.7 Å². The summed E-state index contributed by atoms with van der Waals surface area (Å²) in [6, 6.07) is 6.60. The van der Waals surface area contributed by atoms with Gasteiger partial charge in [-0.1, -0.05) is 6.07 Å². The number of nitrogens with zero attached hydrogens (tertiary/aromatic N) is 1. The number of hydrogen-bond acceptors (Lipinski definition) is 3. The third-order valence-corrected chi connectivity index (χ3v) is 3.61. The first-order chi connectivity index (χ1) is 9.88. The first-order valence-electron chi connectivity index (χ1n) is 6.01. The molecular formula is C14H11BrF2N2O2. The Morgan fingerprint density at radius 1 is 1.24 bits per heavy atom. The second kappa shape index (κ2) is 6.17. The molecule has 0 radical (unpaired) electrons. The van der Waals surface area contributed by atoms with Crippen LogP contribution in [-0.2, 0) is 6.54 Å². The zero-order valence-corrected chi connectivity index (χ0v) is 12.6. The van der Waals surface area contributed by atoms with Crippen LogP contribution in [0.2, 0.25) is 0 Å². The number of nitro benzene ring substituents is 1. The Labute approximate surface area is 128 Å². The summed E-state index contributed by atoms with van der Waals surface area (Å²) < 4.78 is 26.6. The second-order valence-electron chi connectivity index (χ2n) is 4.48. The molecule has 4 nitrogen and oxygen atoms in total. The maximum atomic E-state index is 13.1. The topological polar surface area (TPSA) is 55.2 Å².